The van der Waals surface area contributed by atoms with Crippen molar-refractivity contribution in [3.63, 3.8) is 0 Å². The van der Waals surface area contributed by atoms with Crippen molar-refractivity contribution in [3.8, 4) is 11.5 Å². The number of carbonyl (C=O) groups excluding carboxylic acids is 2. The number of benzene rings is 2. The molecule has 3 aromatic rings. The average molecular weight is 571 g/mol. The van der Waals surface area contributed by atoms with E-state index in [4.69, 9.17) is 19.2 Å². The lowest BCUT2D eigenvalue weighted by Crippen LogP contribution is -2.38. The highest BCUT2D eigenvalue weighted by atomic mass is 32.2. The van der Waals surface area contributed by atoms with Crippen LogP contribution in [-0.4, -0.2) is 41.1 Å². The summed E-state index contributed by atoms with van der Waals surface area (Å²) >= 11 is 1.41. The quantitative estimate of drug-likeness (QED) is 0.335. The molecule has 0 fully saturated rings. The molecule has 0 saturated heterocycles. The fourth-order valence-corrected chi connectivity index (χ4v) is 5.75. The second-order valence-electron chi connectivity index (χ2n) is 9.35. The third kappa shape index (κ3) is 6.12. The Labute approximate surface area is 242 Å². The molecule has 1 amide bonds. The van der Waals surface area contributed by atoms with Crippen LogP contribution in [-0.2, 0) is 27.5 Å². The summed E-state index contributed by atoms with van der Waals surface area (Å²) < 4.78 is 17.2. The maximum absolute atomic E-state index is 13.7. The summed E-state index contributed by atoms with van der Waals surface area (Å²) in [5.41, 5.74) is 4.12. The number of rotatable bonds is 10. The third-order valence-corrected chi connectivity index (χ3v) is 7.63. The van der Waals surface area contributed by atoms with Crippen molar-refractivity contribution < 1.29 is 23.8 Å². The van der Waals surface area contributed by atoms with Crippen LogP contribution in [0.3, 0.4) is 0 Å². The molecule has 1 N–H and O–H groups in total. The molecule has 2 aliphatic rings. The number of hydrogen-bond donors (Lipinski definition) is 1. The number of nitrogens with zero attached hydrogens (tertiary/aromatic N) is 3. The second kappa shape index (κ2) is 12.7. The van der Waals surface area contributed by atoms with E-state index < -0.39 is 12.0 Å². The Balaban J connectivity index is 1.47. The minimum absolute atomic E-state index is 0.0886. The Morgan fingerprint density at radius 1 is 0.976 bits per heavy atom. The first-order valence-corrected chi connectivity index (χ1v) is 13.9. The zero-order chi connectivity index (χ0) is 28.8. The minimum Gasteiger partial charge on any atom is -0.493 e. The van der Waals surface area contributed by atoms with Gasteiger partial charge in [0.1, 0.15) is 6.61 Å². The van der Waals surface area contributed by atoms with Crippen LogP contribution in [0.15, 0.2) is 100 Å². The van der Waals surface area contributed by atoms with Gasteiger partial charge in [0.05, 0.1) is 38.0 Å². The molecule has 0 bridgehead atoms. The van der Waals surface area contributed by atoms with Gasteiger partial charge in [-0.25, -0.2) is 9.79 Å². The highest BCUT2D eigenvalue weighted by molar-refractivity contribution is 8.16. The first-order chi connectivity index (χ1) is 20.0. The van der Waals surface area contributed by atoms with Crippen LogP contribution in [0.4, 0.5) is 0 Å². The Bertz CT molecular complexity index is 1520. The summed E-state index contributed by atoms with van der Waals surface area (Å²) in [5, 5.41) is 5.53. The monoisotopic (exact) mass is 570 g/mol. The van der Waals surface area contributed by atoms with Crippen molar-refractivity contribution in [2.75, 3.05) is 14.2 Å². The van der Waals surface area contributed by atoms with Crippen molar-refractivity contribution in [1.29, 1.82) is 0 Å². The zero-order valence-corrected chi connectivity index (χ0v) is 23.8. The minimum atomic E-state index is -0.662. The van der Waals surface area contributed by atoms with Crippen LogP contribution in [0.25, 0.3) is 0 Å². The molecule has 0 aliphatic carbocycles. The number of amides is 1. The topological polar surface area (TPSA) is 102 Å². The maximum Gasteiger partial charge on any atom is 0.338 e. The largest absolute Gasteiger partial charge is 0.493 e. The lowest BCUT2D eigenvalue weighted by Gasteiger charge is -2.37. The van der Waals surface area contributed by atoms with Gasteiger partial charge in [-0.15, -0.1) is 0 Å². The Hall–Kier alpha value is -4.57. The molecule has 9 nitrogen and oxygen atoms in total. The number of para-hydroxylation sites is 1. The van der Waals surface area contributed by atoms with Crippen LogP contribution in [0.2, 0.25) is 0 Å². The molecule has 1 aromatic heterocycles. The summed E-state index contributed by atoms with van der Waals surface area (Å²) in [7, 11) is 3.13. The fourth-order valence-electron chi connectivity index (χ4n) is 4.78. The molecule has 2 aromatic carbocycles. The van der Waals surface area contributed by atoms with Gasteiger partial charge in [-0.2, -0.15) is 0 Å². The van der Waals surface area contributed by atoms with E-state index >= 15 is 0 Å². The number of carbonyl (C=O) groups is 2. The van der Waals surface area contributed by atoms with Crippen molar-refractivity contribution in [2.24, 2.45) is 4.99 Å². The lowest BCUT2D eigenvalue weighted by molar-refractivity contribution is -0.141. The first-order valence-electron chi connectivity index (χ1n) is 13.0. The van der Waals surface area contributed by atoms with E-state index in [0.717, 1.165) is 11.1 Å². The van der Waals surface area contributed by atoms with E-state index in [1.165, 1.54) is 11.8 Å². The number of aliphatic imine (C=N–C) groups is 1. The van der Waals surface area contributed by atoms with Gasteiger partial charge in [0.2, 0.25) is 5.91 Å². The van der Waals surface area contributed by atoms with Crippen molar-refractivity contribution >= 4 is 28.8 Å². The predicted octanol–water partition coefficient (Wildman–Crippen LogP) is 5.12. The number of methoxy groups -OCH3 is 2. The van der Waals surface area contributed by atoms with Gasteiger partial charge in [-0.05, 0) is 41.7 Å². The number of allylic oxidation sites excluding steroid dienone is 1. The molecule has 5 rings (SSSR count). The first kappa shape index (κ1) is 28.0. The third-order valence-electron chi connectivity index (χ3n) is 6.74. The van der Waals surface area contributed by atoms with Gasteiger partial charge < -0.3 is 24.4 Å². The second-order valence-corrected chi connectivity index (χ2v) is 10.2. The van der Waals surface area contributed by atoms with Crippen LogP contribution in [0, 0.1) is 0 Å². The molecule has 10 heteroatoms. The molecule has 0 unspecified atom stereocenters. The van der Waals surface area contributed by atoms with Gasteiger partial charge in [-0.3, -0.25) is 9.78 Å². The number of pyridine rings is 1. The number of thioether (sulfide) groups is 1. The number of esters is 1. The average Bonchev–Trinajstić information content (AvgIpc) is 3.40. The van der Waals surface area contributed by atoms with Crippen molar-refractivity contribution in [3.05, 3.63) is 112 Å². The molecular formula is C31H30N4O5S. The summed E-state index contributed by atoms with van der Waals surface area (Å²) in [6, 6.07) is 18.1. The summed E-state index contributed by atoms with van der Waals surface area (Å²) in [5.74, 6) is 0.352. The molecule has 210 valence electrons. The van der Waals surface area contributed by atoms with E-state index in [2.05, 4.69) is 10.3 Å². The van der Waals surface area contributed by atoms with Gasteiger partial charge in [-0.1, -0.05) is 54.2 Å². The molecule has 41 heavy (non-hydrogen) atoms. The maximum atomic E-state index is 13.7. The SMILES string of the molecule is COc1cccc([C@H]2C(C(=O)OCc3ccccc3)=C(C)N=C3SC=C(CC(=O)NCc4ccncc4)N32)c1OC. The number of nitrogens with one attached hydrogen (secondary N) is 1. The summed E-state index contributed by atoms with van der Waals surface area (Å²) in [6.45, 7) is 2.29. The van der Waals surface area contributed by atoms with E-state index in [9.17, 15) is 9.59 Å². The number of ether oxygens (including phenoxy) is 3. The molecule has 0 radical (unpaired) electrons. The van der Waals surface area contributed by atoms with E-state index in [-0.39, 0.29) is 18.9 Å². The lowest BCUT2D eigenvalue weighted by atomic mass is 9.92. The highest BCUT2D eigenvalue weighted by Gasteiger charge is 2.42. The van der Waals surface area contributed by atoms with Crippen LogP contribution >= 0.6 is 11.8 Å². The van der Waals surface area contributed by atoms with Gasteiger partial charge in [0.15, 0.2) is 16.7 Å². The van der Waals surface area contributed by atoms with Crippen molar-refractivity contribution in [2.45, 2.75) is 32.5 Å². The normalized spacial score (nSPS) is 16.0. The Kier molecular flexibility index (Phi) is 8.69. The predicted molar refractivity (Wildman–Crippen MR) is 157 cm³/mol. The van der Waals surface area contributed by atoms with Crippen LogP contribution < -0.4 is 14.8 Å². The zero-order valence-electron chi connectivity index (χ0n) is 23.0. The van der Waals surface area contributed by atoms with Gasteiger partial charge in [0.25, 0.3) is 0 Å². The van der Waals surface area contributed by atoms with E-state index in [1.807, 2.05) is 64.9 Å². The number of aromatic nitrogens is 1. The Morgan fingerprint density at radius 2 is 1.76 bits per heavy atom. The summed E-state index contributed by atoms with van der Waals surface area (Å²) in [4.78, 5) is 37.5. The van der Waals surface area contributed by atoms with Gasteiger partial charge in [0, 0.05) is 30.2 Å². The standard InChI is InChI=1S/C31H30N4O5S/c1-20-27(30(37)40-18-22-8-5-4-6-9-22)28(24-10-7-11-25(38-2)29(24)39-3)35-23(19-41-31(35)34-20)16-26(36)33-17-21-12-14-32-15-13-21/h4-15,19,28H,16-18H2,1-3H3,(H,33,36)/t28-/m0/s1. The fraction of sp³-hybridized carbons (Fsp3) is 0.226. The molecule has 1 atom stereocenters. The van der Waals surface area contributed by atoms with Crippen LogP contribution in [0.1, 0.15) is 36.1 Å². The molecule has 2 aliphatic heterocycles. The highest BCUT2D eigenvalue weighted by Crippen LogP contribution is 2.48. The van der Waals surface area contributed by atoms with Crippen molar-refractivity contribution in [1.82, 2.24) is 15.2 Å². The number of amidine groups is 1. The smallest absolute Gasteiger partial charge is 0.338 e. The number of fused-ring (bicyclic) bond motifs is 1. The Morgan fingerprint density at radius 3 is 2.49 bits per heavy atom. The molecule has 0 saturated carbocycles. The number of hydrogen-bond acceptors (Lipinski definition) is 9. The molecule has 0 spiro atoms. The molecule has 3 heterocycles. The summed E-state index contributed by atoms with van der Waals surface area (Å²) in [6.07, 6.45) is 3.46. The van der Waals surface area contributed by atoms with Gasteiger partial charge >= 0.3 is 5.97 Å². The molecular weight excluding hydrogens is 540 g/mol. The van der Waals surface area contributed by atoms with E-state index in [1.54, 1.807) is 39.6 Å². The van der Waals surface area contributed by atoms with E-state index in [0.29, 0.717) is 45.7 Å². The van der Waals surface area contributed by atoms with Crippen LogP contribution in [0.5, 0.6) is 11.5 Å².